The molecule has 76 valence electrons. The number of hydrogen-bond donors (Lipinski definition) is 1. The summed E-state index contributed by atoms with van der Waals surface area (Å²) in [6.07, 6.45) is 5.84. The van der Waals surface area contributed by atoms with Crippen molar-refractivity contribution in [3.63, 3.8) is 0 Å². The van der Waals surface area contributed by atoms with E-state index in [-0.39, 0.29) is 5.54 Å². The molecule has 0 atom stereocenters. The van der Waals surface area contributed by atoms with Crippen LogP contribution < -0.4 is 10.6 Å². The second kappa shape index (κ2) is 3.58. The molecule has 3 nitrogen and oxygen atoms in total. The number of anilines is 1. The highest BCUT2D eigenvalue weighted by atomic mass is 15.1. The number of aromatic nitrogens is 1. The van der Waals surface area contributed by atoms with Crippen LogP contribution in [-0.4, -0.2) is 23.6 Å². The Morgan fingerprint density at radius 3 is 2.71 bits per heavy atom. The minimum absolute atomic E-state index is 0.0265. The Labute approximate surface area is 84.9 Å². The maximum atomic E-state index is 6.08. The van der Waals surface area contributed by atoms with E-state index in [9.17, 15) is 0 Å². The van der Waals surface area contributed by atoms with Gasteiger partial charge in [0.05, 0.1) is 11.9 Å². The summed E-state index contributed by atoms with van der Waals surface area (Å²) >= 11 is 0. The Hall–Kier alpha value is -1.09. The molecular formula is C11H17N3. The minimum Gasteiger partial charge on any atom is -0.370 e. The van der Waals surface area contributed by atoms with Crippen molar-refractivity contribution in [2.24, 2.45) is 5.73 Å². The van der Waals surface area contributed by atoms with Gasteiger partial charge in [0.2, 0.25) is 0 Å². The van der Waals surface area contributed by atoms with Crippen molar-refractivity contribution in [1.82, 2.24) is 4.98 Å². The van der Waals surface area contributed by atoms with Gasteiger partial charge in [0, 0.05) is 24.8 Å². The van der Waals surface area contributed by atoms with Crippen LogP contribution in [0.2, 0.25) is 0 Å². The van der Waals surface area contributed by atoms with Gasteiger partial charge in [0.25, 0.3) is 0 Å². The molecule has 2 heterocycles. The average molecular weight is 191 g/mol. The minimum atomic E-state index is 0.0265. The Bertz CT molecular complexity index is 285. The van der Waals surface area contributed by atoms with E-state index in [1.54, 1.807) is 6.20 Å². The third-order valence-electron chi connectivity index (χ3n) is 2.92. The number of nitrogens with two attached hydrogens (primary N) is 1. The van der Waals surface area contributed by atoms with Gasteiger partial charge in [-0.25, -0.2) is 0 Å². The second-order valence-electron chi connectivity index (χ2n) is 4.35. The highest BCUT2D eigenvalue weighted by molar-refractivity contribution is 5.44. The quantitative estimate of drug-likeness (QED) is 0.729. The molecule has 14 heavy (non-hydrogen) atoms. The lowest BCUT2D eigenvalue weighted by Gasteiger charge is -2.37. The first-order chi connectivity index (χ1) is 6.67. The van der Waals surface area contributed by atoms with Crippen LogP contribution in [0.4, 0.5) is 5.69 Å². The van der Waals surface area contributed by atoms with Gasteiger partial charge < -0.3 is 10.6 Å². The fourth-order valence-corrected chi connectivity index (χ4v) is 1.82. The zero-order valence-corrected chi connectivity index (χ0v) is 8.61. The summed E-state index contributed by atoms with van der Waals surface area (Å²) in [6, 6.07) is 4.08. The topological polar surface area (TPSA) is 42.1 Å². The molecule has 0 aliphatic carbocycles. The van der Waals surface area contributed by atoms with Crippen LogP contribution in [0.1, 0.15) is 19.8 Å². The van der Waals surface area contributed by atoms with E-state index < -0.39 is 0 Å². The molecule has 1 saturated heterocycles. The third-order valence-corrected chi connectivity index (χ3v) is 2.92. The monoisotopic (exact) mass is 191 g/mol. The normalized spacial score (nSPS) is 20.9. The van der Waals surface area contributed by atoms with Crippen molar-refractivity contribution in [3.8, 4) is 0 Å². The predicted molar refractivity (Wildman–Crippen MR) is 58.3 cm³/mol. The summed E-state index contributed by atoms with van der Waals surface area (Å²) in [6.45, 7) is 4.21. The molecule has 1 aliphatic heterocycles. The maximum Gasteiger partial charge on any atom is 0.0552 e. The molecule has 1 aromatic rings. The molecule has 0 unspecified atom stereocenters. The zero-order chi connectivity index (χ0) is 10.0. The largest absolute Gasteiger partial charge is 0.370 e. The second-order valence-corrected chi connectivity index (χ2v) is 4.35. The van der Waals surface area contributed by atoms with E-state index in [4.69, 9.17) is 5.73 Å². The van der Waals surface area contributed by atoms with Gasteiger partial charge in [-0.15, -0.1) is 0 Å². The SMILES string of the molecule is CC1(N)CCN(c2cccnc2)CC1. The number of nitrogens with zero attached hydrogens (tertiary/aromatic N) is 2. The van der Waals surface area contributed by atoms with Crippen LogP contribution in [0.5, 0.6) is 0 Å². The number of piperidine rings is 1. The summed E-state index contributed by atoms with van der Waals surface area (Å²) in [5.74, 6) is 0. The van der Waals surface area contributed by atoms with E-state index in [2.05, 4.69) is 22.9 Å². The van der Waals surface area contributed by atoms with Gasteiger partial charge in [-0.3, -0.25) is 4.98 Å². The Morgan fingerprint density at radius 2 is 2.14 bits per heavy atom. The molecule has 1 aliphatic rings. The summed E-state index contributed by atoms with van der Waals surface area (Å²) < 4.78 is 0. The maximum absolute atomic E-state index is 6.08. The molecule has 2 N–H and O–H groups in total. The lowest BCUT2D eigenvalue weighted by atomic mass is 9.91. The molecular weight excluding hydrogens is 174 g/mol. The van der Waals surface area contributed by atoms with Crippen molar-refractivity contribution < 1.29 is 0 Å². The van der Waals surface area contributed by atoms with Crippen molar-refractivity contribution in [1.29, 1.82) is 0 Å². The molecule has 0 amide bonds. The number of hydrogen-bond acceptors (Lipinski definition) is 3. The smallest absolute Gasteiger partial charge is 0.0552 e. The van der Waals surface area contributed by atoms with Crippen LogP contribution in [-0.2, 0) is 0 Å². The molecule has 2 rings (SSSR count). The molecule has 0 aromatic carbocycles. The van der Waals surface area contributed by atoms with Gasteiger partial charge in [-0.1, -0.05) is 0 Å². The summed E-state index contributed by atoms with van der Waals surface area (Å²) in [5.41, 5.74) is 7.31. The average Bonchev–Trinajstić information content (AvgIpc) is 2.19. The molecule has 1 aromatic heterocycles. The van der Waals surface area contributed by atoms with Gasteiger partial charge in [0.1, 0.15) is 0 Å². The molecule has 3 heteroatoms. The first-order valence-electron chi connectivity index (χ1n) is 5.11. The molecule has 0 spiro atoms. The van der Waals surface area contributed by atoms with Crippen molar-refractivity contribution in [3.05, 3.63) is 24.5 Å². The highest BCUT2D eigenvalue weighted by Gasteiger charge is 2.25. The molecule has 0 radical (unpaired) electrons. The zero-order valence-electron chi connectivity index (χ0n) is 8.61. The molecule has 1 fully saturated rings. The summed E-state index contributed by atoms with van der Waals surface area (Å²) in [7, 11) is 0. The van der Waals surface area contributed by atoms with Gasteiger partial charge in [-0.05, 0) is 31.9 Å². The summed E-state index contributed by atoms with van der Waals surface area (Å²) in [5, 5.41) is 0. The third kappa shape index (κ3) is 2.04. The van der Waals surface area contributed by atoms with E-state index in [0.717, 1.165) is 25.9 Å². The van der Waals surface area contributed by atoms with Gasteiger partial charge >= 0.3 is 0 Å². The summed E-state index contributed by atoms with van der Waals surface area (Å²) in [4.78, 5) is 6.47. The Balaban J connectivity index is 2.03. The van der Waals surface area contributed by atoms with E-state index >= 15 is 0 Å². The van der Waals surface area contributed by atoms with Crippen LogP contribution >= 0.6 is 0 Å². The predicted octanol–water partition coefficient (Wildman–Crippen LogP) is 1.40. The van der Waals surface area contributed by atoms with Gasteiger partial charge in [0.15, 0.2) is 0 Å². The number of pyridine rings is 1. The van der Waals surface area contributed by atoms with Gasteiger partial charge in [-0.2, -0.15) is 0 Å². The lowest BCUT2D eigenvalue weighted by molar-refractivity contribution is 0.364. The van der Waals surface area contributed by atoms with E-state index in [0.29, 0.717) is 0 Å². The van der Waals surface area contributed by atoms with Crippen LogP contribution in [0.15, 0.2) is 24.5 Å². The Morgan fingerprint density at radius 1 is 1.43 bits per heavy atom. The lowest BCUT2D eigenvalue weighted by Crippen LogP contribution is -2.48. The van der Waals surface area contributed by atoms with Crippen LogP contribution in [0.25, 0.3) is 0 Å². The van der Waals surface area contributed by atoms with Crippen LogP contribution in [0, 0.1) is 0 Å². The highest BCUT2D eigenvalue weighted by Crippen LogP contribution is 2.23. The molecule has 0 bridgehead atoms. The Kier molecular flexibility index (Phi) is 2.42. The standard InChI is InChI=1S/C11H17N3/c1-11(12)4-7-14(8-5-11)10-3-2-6-13-9-10/h2-3,6,9H,4-5,7-8,12H2,1H3. The first kappa shape index (κ1) is 9.46. The van der Waals surface area contributed by atoms with Crippen molar-refractivity contribution in [2.75, 3.05) is 18.0 Å². The fraction of sp³-hybridized carbons (Fsp3) is 0.545. The number of rotatable bonds is 1. The fourth-order valence-electron chi connectivity index (χ4n) is 1.82. The first-order valence-corrected chi connectivity index (χ1v) is 5.11. The van der Waals surface area contributed by atoms with Crippen molar-refractivity contribution in [2.45, 2.75) is 25.3 Å². The van der Waals surface area contributed by atoms with E-state index in [1.807, 2.05) is 12.3 Å². The molecule has 0 saturated carbocycles. The van der Waals surface area contributed by atoms with E-state index in [1.165, 1.54) is 5.69 Å². The van der Waals surface area contributed by atoms with Crippen molar-refractivity contribution >= 4 is 5.69 Å². The van der Waals surface area contributed by atoms with Crippen LogP contribution in [0.3, 0.4) is 0 Å².